The Bertz CT molecular complexity index is 1560. The number of hydrazone groups is 1. The molecule has 1 amide bonds. The van der Waals surface area contributed by atoms with Gasteiger partial charge in [0.1, 0.15) is 24.2 Å². The standard InChI is InChI=1S/C27H22ClN5O6/c1-17-3-4-18(2)32(17)20-5-7-21(8-6-20)38-16-22-9-10-25(39-22)27(34)31-30-15-19-13-23(28)26(37-12-11-29)24(14-19)33(35)36/h3-10,13-15H,12,16H2,1-2H3,(H,31,34)/b30-15+. The van der Waals surface area contributed by atoms with E-state index < -0.39 is 23.1 Å². The van der Waals surface area contributed by atoms with Gasteiger partial charge in [-0.1, -0.05) is 11.6 Å². The van der Waals surface area contributed by atoms with E-state index in [4.69, 9.17) is 30.8 Å². The summed E-state index contributed by atoms with van der Waals surface area (Å²) in [4.78, 5) is 23.0. The summed E-state index contributed by atoms with van der Waals surface area (Å²) < 4.78 is 18.5. The first-order valence-electron chi connectivity index (χ1n) is 11.5. The number of aryl methyl sites for hydroxylation is 2. The van der Waals surface area contributed by atoms with Crippen LogP contribution < -0.4 is 14.9 Å². The lowest BCUT2D eigenvalue weighted by Crippen LogP contribution is -2.16. The molecule has 39 heavy (non-hydrogen) atoms. The molecule has 0 aliphatic carbocycles. The molecule has 0 atom stereocenters. The minimum Gasteiger partial charge on any atom is -0.486 e. The van der Waals surface area contributed by atoms with Crippen LogP contribution in [0.2, 0.25) is 5.02 Å². The first-order chi connectivity index (χ1) is 18.8. The van der Waals surface area contributed by atoms with Crippen molar-refractivity contribution >= 4 is 29.4 Å². The number of hydrogen-bond acceptors (Lipinski definition) is 8. The SMILES string of the molecule is Cc1ccc(C)n1-c1ccc(OCc2ccc(C(=O)N/N=C/c3cc(Cl)c(OCC#N)c([N+](=O)[O-])c3)o2)cc1. The highest BCUT2D eigenvalue weighted by Gasteiger charge is 2.20. The van der Waals surface area contributed by atoms with Gasteiger partial charge in [-0.3, -0.25) is 14.9 Å². The number of aromatic nitrogens is 1. The molecule has 0 saturated carbocycles. The van der Waals surface area contributed by atoms with Crippen LogP contribution in [0.5, 0.6) is 11.5 Å². The first kappa shape index (κ1) is 27.0. The van der Waals surface area contributed by atoms with E-state index in [-0.39, 0.29) is 28.7 Å². The molecule has 0 spiro atoms. The van der Waals surface area contributed by atoms with Gasteiger partial charge in [-0.05, 0) is 68.4 Å². The summed E-state index contributed by atoms with van der Waals surface area (Å²) in [5.41, 5.74) is 5.38. The van der Waals surface area contributed by atoms with Gasteiger partial charge in [0.2, 0.25) is 5.75 Å². The summed E-state index contributed by atoms with van der Waals surface area (Å²) in [5.74, 6) is 0.222. The van der Waals surface area contributed by atoms with Crippen LogP contribution in [-0.4, -0.2) is 28.2 Å². The van der Waals surface area contributed by atoms with Gasteiger partial charge in [0.05, 0.1) is 16.2 Å². The monoisotopic (exact) mass is 547 g/mol. The second kappa shape index (κ2) is 12.0. The zero-order valence-electron chi connectivity index (χ0n) is 20.9. The van der Waals surface area contributed by atoms with Crippen LogP contribution in [0.3, 0.4) is 0 Å². The van der Waals surface area contributed by atoms with Crippen molar-refractivity contribution in [2.75, 3.05) is 6.61 Å². The molecule has 2 aromatic heterocycles. The van der Waals surface area contributed by atoms with Crippen molar-refractivity contribution in [1.29, 1.82) is 5.26 Å². The summed E-state index contributed by atoms with van der Waals surface area (Å²) in [6, 6.07) is 19.1. The number of carbonyl (C=O) groups is 1. The van der Waals surface area contributed by atoms with Crippen molar-refractivity contribution in [1.82, 2.24) is 9.99 Å². The molecule has 2 aromatic carbocycles. The maximum absolute atomic E-state index is 12.4. The van der Waals surface area contributed by atoms with Crippen LogP contribution in [0, 0.1) is 35.3 Å². The Morgan fingerprint density at radius 3 is 2.54 bits per heavy atom. The number of nitrogens with zero attached hydrogens (tertiary/aromatic N) is 4. The maximum Gasteiger partial charge on any atom is 0.313 e. The quantitative estimate of drug-likeness (QED) is 0.157. The molecule has 4 aromatic rings. The molecule has 0 radical (unpaired) electrons. The lowest BCUT2D eigenvalue weighted by molar-refractivity contribution is -0.385. The first-order valence-corrected chi connectivity index (χ1v) is 11.9. The summed E-state index contributed by atoms with van der Waals surface area (Å²) in [5, 5.41) is 23.7. The van der Waals surface area contributed by atoms with Gasteiger partial charge >= 0.3 is 11.6 Å². The minimum absolute atomic E-state index is 0.00363. The minimum atomic E-state index is -0.695. The highest BCUT2D eigenvalue weighted by Crippen LogP contribution is 2.35. The van der Waals surface area contributed by atoms with Crippen molar-refractivity contribution in [2.45, 2.75) is 20.5 Å². The number of furan rings is 1. The van der Waals surface area contributed by atoms with Gasteiger partial charge < -0.3 is 18.5 Å². The molecular formula is C27H22ClN5O6. The summed E-state index contributed by atoms with van der Waals surface area (Å²) in [6.07, 6.45) is 1.18. The second-order valence-electron chi connectivity index (χ2n) is 8.25. The van der Waals surface area contributed by atoms with Crippen molar-refractivity contribution in [3.8, 4) is 23.3 Å². The molecular weight excluding hydrogens is 526 g/mol. The number of nitro groups is 1. The van der Waals surface area contributed by atoms with Crippen LogP contribution in [-0.2, 0) is 6.61 Å². The van der Waals surface area contributed by atoms with Crippen molar-refractivity contribution in [3.63, 3.8) is 0 Å². The Balaban J connectivity index is 1.34. The largest absolute Gasteiger partial charge is 0.486 e. The molecule has 198 valence electrons. The third kappa shape index (κ3) is 6.44. The fourth-order valence-electron chi connectivity index (χ4n) is 3.78. The van der Waals surface area contributed by atoms with E-state index in [0.29, 0.717) is 11.5 Å². The predicted molar refractivity (Wildman–Crippen MR) is 143 cm³/mol. The summed E-state index contributed by atoms with van der Waals surface area (Å²) in [7, 11) is 0. The van der Waals surface area contributed by atoms with Crippen LogP contribution in [0.1, 0.15) is 33.3 Å². The van der Waals surface area contributed by atoms with Crippen molar-refractivity contribution < 1.29 is 23.6 Å². The zero-order valence-corrected chi connectivity index (χ0v) is 21.6. The Morgan fingerprint density at radius 2 is 1.87 bits per heavy atom. The van der Waals surface area contributed by atoms with E-state index in [1.165, 1.54) is 18.3 Å². The number of nitriles is 1. The fraction of sp³-hybridized carbons (Fsp3) is 0.148. The number of ether oxygens (including phenoxy) is 2. The molecule has 0 saturated heterocycles. The molecule has 0 aliphatic heterocycles. The number of halogens is 1. The van der Waals surface area contributed by atoms with E-state index in [2.05, 4.69) is 27.2 Å². The van der Waals surface area contributed by atoms with Crippen LogP contribution >= 0.6 is 11.6 Å². The fourth-order valence-corrected chi connectivity index (χ4v) is 4.05. The van der Waals surface area contributed by atoms with E-state index in [1.54, 1.807) is 12.1 Å². The normalized spacial score (nSPS) is 10.8. The van der Waals surface area contributed by atoms with E-state index in [0.717, 1.165) is 23.1 Å². The number of nitro benzene ring substituents is 1. The zero-order chi connectivity index (χ0) is 27.9. The van der Waals surface area contributed by atoms with Gasteiger partial charge in [0.15, 0.2) is 12.4 Å². The Morgan fingerprint density at radius 1 is 1.15 bits per heavy atom. The lowest BCUT2D eigenvalue weighted by Gasteiger charge is -2.10. The number of benzene rings is 2. The highest BCUT2D eigenvalue weighted by atomic mass is 35.5. The summed E-state index contributed by atoms with van der Waals surface area (Å²) >= 11 is 6.06. The number of rotatable bonds is 10. The molecule has 11 nitrogen and oxygen atoms in total. The van der Waals surface area contributed by atoms with Gasteiger partial charge in [-0.2, -0.15) is 10.4 Å². The summed E-state index contributed by atoms with van der Waals surface area (Å²) in [6.45, 7) is 3.79. The average molecular weight is 548 g/mol. The molecule has 2 heterocycles. The van der Waals surface area contributed by atoms with E-state index >= 15 is 0 Å². The third-order valence-corrected chi connectivity index (χ3v) is 5.82. The van der Waals surface area contributed by atoms with Gasteiger partial charge in [0, 0.05) is 28.7 Å². The maximum atomic E-state index is 12.4. The molecule has 1 N–H and O–H groups in total. The van der Waals surface area contributed by atoms with E-state index in [9.17, 15) is 14.9 Å². The number of nitrogens with one attached hydrogen (secondary N) is 1. The average Bonchev–Trinajstić information content (AvgIpc) is 3.53. The predicted octanol–water partition coefficient (Wildman–Crippen LogP) is 5.49. The van der Waals surface area contributed by atoms with Gasteiger partial charge in [0.25, 0.3) is 0 Å². The van der Waals surface area contributed by atoms with Crippen LogP contribution in [0.4, 0.5) is 5.69 Å². The molecule has 12 heteroatoms. The van der Waals surface area contributed by atoms with E-state index in [1.807, 2.05) is 38.1 Å². The number of carbonyl (C=O) groups excluding carboxylic acids is 1. The number of hydrogen-bond donors (Lipinski definition) is 1. The molecule has 0 bridgehead atoms. The Kier molecular flexibility index (Phi) is 8.28. The topological polar surface area (TPSA) is 145 Å². The highest BCUT2D eigenvalue weighted by molar-refractivity contribution is 6.32. The number of amides is 1. The molecule has 4 rings (SSSR count). The van der Waals surface area contributed by atoms with Gasteiger partial charge in [-0.25, -0.2) is 5.43 Å². The van der Waals surface area contributed by atoms with Crippen molar-refractivity contribution in [2.24, 2.45) is 5.10 Å². The lowest BCUT2D eigenvalue weighted by atomic mass is 10.2. The molecule has 0 aliphatic rings. The second-order valence-corrected chi connectivity index (χ2v) is 8.66. The molecule has 0 unspecified atom stereocenters. The van der Waals surface area contributed by atoms with Crippen LogP contribution in [0.25, 0.3) is 5.69 Å². The Hall–Kier alpha value is -5.08. The molecule has 0 fully saturated rings. The smallest absolute Gasteiger partial charge is 0.313 e. The third-order valence-electron chi connectivity index (χ3n) is 5.54. The van der Waals surface area contributed by atoms with Gasteiger partial charge in [-0.15, -0.1) is 0 Å². The van der Waals surface area contributed by atoms with Crippen LogP contribution in [0.15, 0.2) is 70.2 Å². The Labute approximate surface area is 228 Å². The van der Waals surface area contributed by atoms with Crippen molar-refractivity contribution in [3.05, 3.63) is 104 Å².